The molecule has 19 heavy (non-hydrogen) atoms. The van der Waals surface area contributed by atoms with Gasteiger partial charge < -0.3 is 9.92 Å². The Hall–Kier alpha value is -1.07. The number of anilines is 1. The maximum absolute atomic E-state index is 10.6. The van der Waals surface area contributed by atoms with Gasteiger partial charge in [-0.3, -0.25) is 4.55 Å². The Balaban J connectivity index is 3.03. The Morgan fingerprint density at radius 2 is 1.84 bits per heavy atom. The van der Waals surface area contributed by atoms with Gasteiger partial charge in [-0.25, -0.2) is 0 Å². The van der Waals surface area contributed by atoms with Crippen LogP contribution in [0.3, 0.4) is 0 Å². The SMILES string of the molecule is CC(C)(C)CC(C)(C)c1ccc(OS(=O)O)c(N)c1. The van der Waals surface area contributed by atoms with Crippen molar-refractivity contribution >= 4 is 17.0 Å². The number of benzene rings is 1. The second kappa shape index (κ2) is 5.51. The lowest BCUT2D eigenvalue weighted by atomic mass is 9.72. The van der Waals surface area contributed by atoms with Gasteiger partial charge in [0.15, 0.2) is 5.75 Å². The van der Waals surface area contributed by atoms with Crippen molar-refractivity contribution in [3.05, 3.63) is 23.8 Å². The highest BCUT2D eigenvalue weighted by Crippen LogP contribution is 2.38. The van der Waals surface area contributed by atoms with Crippen molar-refractivity contribution in [1.82, 2.24) is 0 Å². The largest absolute Gasteiger partial charge is 0.396 e. The van der Waals surface area contributed by atoms with E-state index in [1.54, 1.807) is 6.07 Å². The van der Waals surface area contributed by atoms with Crippen molar-refractivity contribution in [2.45, 2.75) is 46.5 Å². The molecule has 0 aliphatic carbocycles. The molecule has 0 saturated carbocycles. The van der Waals surface area contributed by atoms with Crippen molar-refractivity contribution in [2.75, 3.05) is 5.73 Å². The molecular formula is C14H23NO3S. The van der Waals surface area contributed by atoms with Gasteiger partial charge in [0.05, 0.1) is 5.69 Å². The summed E-state index contributed by atoms with van der Waals surface area (Å²) < 4.78 is 24.0. The molecule has 0 aliphatic rings. The fourth-order valence-electron chi connectivity index (χ4n) is 2.55. The van der Waals surface area contributed by atoms with Gasteiger partial charge in [-0.05, 0) is 34.9 Å². The van der Waals surface area contributed by atoms with Crippen molar-refractivity contribution < 1.29 is 12.9 Å². The van der Waals surface area contributed by atoms with E-state index in [0.717, 1.165) is 12.0 Å². The van der Waals surface area contributed by atoms with Crippen molar-refractivity contribution in [3.8, 4) is 5.75 Å². The Kier molecular flexibility index (Phi) is 4.63. The molecule has 1 unspecified atom stereocenters. The number of nitrogens with two attached hydrogens (primary N) is 1. The lowest BCUT2D eigenvalue weighted by Gasteiger charge is -2.33. The minimum Gasteiger partial charge on any atom is -0.396 e. The molecule has 3 N–H and O–H groups in total. The highest BCUT2D eigenvalue weighted by Gasteiger charge is 2.27. The first-order chi connectivity index (χ1) is 8.51. The smallest absolute Gasteiger partial charge is 0.357 e. The zero-order valence-electron chi connectivity index (χ0n) is 12.2. The van der Waals surface area contributed by atoms with E-state index >= 15 is 0 Å². The Morgan fingerprint density at radius 1 is 1.26 bits per heavy atom. The van der Waals surface area contributed by atoms with Crippen molar-refractivity contribution in [3.63, 3.8) is 0 Å². The molecule has 0 aromatic heterocycles. The van der Waals surface area contributed by atoms with E-state index in [2.05, 4.69) is 34.6 Å². The number of nitrogen functional groups attached to an aromatic ring is 1. The lowest BCUT2D eigenvalue weighted by Crippen LogP contribution is -2.25. The third kappa shape index (κ3) is 4.84. The van der Waals surface area contributed by atoms with Gasteiger partial charge in [0.2, 0.25) is 0 Å². The number of hydrogen-bond acceptors (Lipinski definition) is 3. The van der Waals surface area contributed by atoms with Gasteiger partial charge in [0.25, 0.3) is 0 Å². The van der Waals surface area contributed by atoms with Crippen LogP contribution >= 0.6 is 0 Å². The molecule has 0 aliphatic heterocycles. The molecule has 0 saturated heterocycles. The highest BCUT2D eigenvalue weighted by atomic mass is 32.2. The standard InChI is InChI=1S/C14H23NO3S/c1-13(2,3)9-14(4,5)10-6-7-12(11(15)8-10)18-19(16)17/h6-8H,9,15H2,1-5H3,(H,16,17). The summed E-state index contributed by atoms with van der Waals surface area (Å²) in [5.41, 5.74) is 7.51. The first-order valence-electron chi connectivity index (χ1n) is 6.20. The van der Waals surface area contributed by atoms with E-state index < -0.39 is 11.4 Å². The number of hydrogen-bond donors (Lipinski definition) is 2. The zero-order chi connectivity index (χ0) is 14.8. The summed E-state index contributed by atoms with van der Waals surface area (Å²) in [6, 6.07) is 5.35. The van der Waals surface area contributed by atoms with Crippen LogP contribution in [-0.4, -0.2) is 8.76 Å². The average Bonchev–Trinajstić information content (AvgIpc) is 2.16. The predicted molar refractivity (Wildman–Crippen MR) is 79.4 cm³/mol. The molecule has 1 atom stereocenters. The van der Waals surface area contributed by atoms with Gasteiger partial charge in [0, 0.05) is 0 Å². The molecule has 1 aromatic carbocycles. The van der Waals surface area contributed by atoms with Crippen LogP contribution < -0.4 is 9.92 Å². The summed E-state index contributed by atoms with van der Waals surface area (Å²) in [6.45, 7) is 10.9. The van der Waals surface area contributed by atoms with Crippen LogP contribution in [0.5, 0.6) is 5.75 Å². The summed E-state index contributed by atoms with van der Waals surface area (Å²) in [4.78, 5) is 0. The van der Waals surface area contributed by atoms with Gasteiger partial charge in [0.1, 0.15) is 0 Å². The zero-order valence-corrected chi connectivity index (χ0v) is 13.0. The molecule has 5 heteroatoms. The van der Waals surface area contributed by atoms with Crippen LogP contribution in [-0.2, 0) is 16.8 Å². The van der Waals surface area contributed by atoms with E-state index in [-0.39, 0.29) is 16.6 Å². The minimum absolute atomic E-state index is 0.0245. The Morgan fingerprint density at radius 3 is 2.26 bits per heavy atom. The topological polar surface area (TPSA) is 72.5 Å². The third-order valence-electron chi connectivity index (χ3n) is 2.92. The van der Waals surface area contributed by atoms with E-state index in [9.17, 15) is 4.21 Å². The van der Waals surface area contributed by atoms with Crippen molar-refractivity contribution in [2.24, 2.45) is 5.41 Å². The van der Waals surface area contributed by atoms with Gasteiger partial charge in [-0.15, -0.1) is 0 Å². The van der Waals surface area contributed by atoms with Crippen LogP contribution in [0.1, 0.15) is 46.6 Å². The quantitative estimate of drug-likeness (QED) is 0.656. The summed E-state index contributed by atoms with van der Waals surface area (Å²) in [5, 5.41) is 0. The first kappa shape index (κ1) is 16.0. The second-order valence-corrected chi connectivity index (χ2v) is 7.28. The van der Waals surface area contributed by atoms with Gasteiger partial charge >= 0.3 is 11.4 Å². The van der Waals surface area contributed by atoms with Crippen LogP contribution in [0.4, 0.5) is 5.69 Å². The maximum atomic E-state index is 10.6. The molecule has 4 nitrogen and oxygen atoms in total. The van der Waals surface area contributed by atoms with Gasteiger partial charge in [-0.2, -0.15) is 4.21 Å². The van der Waals surface area contributed by atoms with Crippen LogP contribution in [0.15, 0.2) is 18.2 Å². The molecule has 0 heterocycles. The maximum Gasteiger partial charge on any atom is 0.357 e. The number of rotatable bonds is 4. The molecule has 0 amide bonds. The van der Waals surface area contributed by atoms with E-state index in [1.807, 2.05) is 12.1 Å². The Labute approximate surface area is 117 Å². The average molecular weight is 285 g/mol. The summed E-state index contributed by atoms with van der Waals surface area (Å²) >= 11 is -2.35. The third-order valence-corrected chi connectivity index (χ3v) is 3.25. The molecule has 0 spiro atoms. The Bertz CT molecular complexity index is 478. The van der Waals surface area contributed by atoms with E-state index in [0.29, 0.717) is 5.69 Å². The molecular weight excluding hydrogens is 262 g/mol. The molecule has 0 radical (unpaired) electrons. The lowest BCUT2D eigenvalue weighted by molar-refractivity contribution is 0.284. The first-order valence-corrected chi connectivity index (χ1v) is 7.24. The molecule has 0 fully saturated rings. The molecule has 1 aromatic rings. The summed E-state index contributed by atoms with van der Waals surface area (Å²) in [5.74, 6) is 0.233. The fourth-order valence-corrected chi connectivity index (χ4v) is 2.86. The predicted octanol–water partition coefficient (Wildman–Crippen LogP) is 3.50. The second-order valence-electron chi connectivity index (χ2n) is 6.67. The minimum atomic E-state index is -2.35. The fraction of sp³-hybridized carbons (Fsp3) is 0.571. The van der Waals surface area contributed by atoms with Gasteiger partial charge in [-0.1, -0.05) is 40.7 Å². The van der Waals surface area contributed by atoms with Crippen LogP contribution in [0, 0.1) is 5.41 Å². The molecule has 1 rings (SSSR count). The highest BCUT2D eigenvalue weighted by molar-refractivity contribution is 7.74. The summed E-state index contributed by atoms with van der Waals surface area (Å²) in [6.07, 6.45) is 1.01. The monoisotopic (exact) mass is 285 g/mol. The van der Waals surface area contributed by atoms with E-state index in [1.165, 1.54) is 0 Å². The summed E-state index contributed by atoms with van der Waals surface area (Å²) in [7, 11) is 0. The molecule has 108 valence electrons. The van der Waals surface area contributed by atoms with Crippen LogP contribution in [0.25, 0.3) is 0 Å². The van der Waals surface area contributed by atoms with Crippen LogP contribution in [0.2, 0.25) is 0 Å². The van der Waals surface area contributed by atoms with Crippen molar-refractivity contribution in [1.29, 1.82) is 0 Å². The van der Waals surface area contributed by atoms with E-state index in [4.69, 9.17) is 14.5 Å². The normalized spacial score (nSPS) is 14.2. The molecule has 0 bridgehead atoms.